The van der Waals surface area contributed by atoms with Crippen molar-refractivity contribution in [2.24, 2.45) is 5.41 Å². The first-order chi connectivity index (χ1) is 9.56. The van der Waals surface area contributed by atoms with Crippen molar-refractivity contribution in [3.63, 3.8) is 0 Å². The minimum Gasteiger partial charge on any atom is -0.384 e. The van der Waals surface area contributed by atoms with Crippen LogP contribution in [0.3, 0.4) is 0 Å². The molecule has 0 aliphatic heterocycles. The molecule has 120 valence electrons. The molecule has 0 saturated heterocycles. The standard InChI is InChI=1S/C14H26O3S.C2H6/c1-14(2,13(15)18-10-9-16-3)11-17-12-7-5-4-6-8-12;1-2/h12H,4-11H2,1-3H3;1-2H3. The second-order valence-electron chi connectivity index (χ2n) is 5.58. The van der Waals surface area contributed by atoms with Gasteiger partial charge in [0.15, 0.2) is 5.12 Å². The van der Waals surface area contributed by atoms with Crippen molar-refractivity contribution < 1.29 is 14.3 Å². The van der Waals surface area contributed by atoms with Crippen LogP contribution in [0.1, 0.15) is 59.8 Å². The molecule has 0 N–H and O–H groups in total. The Morgan fingerprint density at radius 3 is 2.35 bits per heavy atom. The number of thioether (sulfide) groups is 1. The van der Waals surface area contributed by atoms with Gasteiger partial charge in [0.25, 0.3) is 0 Å². The number of carbonyl (C=O) groups is 1. The molecule has 1 saturated carbocycles. The average molecular weight is 304 g/mol. The third-order valence-corrected chi connectivity index (χ3v) is 4.49. The normalized spacial score (nSPS) is 16.4. The quantitative estimate of drug-likeness (QED) is 0.657. The topological polar surface area (TPSA) is 35.5 Å². The Bertz CT molecular complexity index is 248. The number of ether oxygens (including phenoxy) is 2. The molecule has 1 rings (SSSR count). The Balaban J connectivity index is 0.00000172. The fourth-order valence-corrected chi connectivity index (χ4v) is 2.92. The van der Waals surface area contributed by atoms with Crippen LogP contribution in [0.5, 0.6) is 0 Å². The number of hydrogen-bond acceptors (Lipinski definition) is 4. The number of carbonyl (C=O) groups excluding carboxylic acids is 1. The van der Waals surface area contributed by atoms with E-state index in [1.54, 1.807) is 7.11 Å². The van der Waals surface area contributed by atoms with Crippen molar-refractivity contribution >= 4 is 16.9 Å². The molecule has 0 unspecified atom stereocenters. The lowest BCUT2D eigenvalue weighted by molar-refractivity contribution is -0.123. The molecule has 0 heterocycles. The van der Waals surface area contributed by atoms with Gasteiger partial charge < -0.3 is 9.47 Å². The predicted octanol–water partition coefficient (Wildman–Crippen LogP) is 4.29. The summed E-state index contributed by atoms with van der Waals surface area (Å²) >= 11 is 1.35. The van der Waals surface area contributed by atoms with E-state index >= 15 is 0 Å². The van der Waals surface area contributed by atoms with E-state index in [2.05, 4.69) is 0 Å². The van der Waals surface area contributed by atoms with Gasteiger partial charge in [-0.2, -0.15) is 0 Å². The van der Waals surface area contributed by atoms with Gasteiger partial charge in [-0.3, -0.25) is 4.79 Å². The molecule has 0 amide bonds. The van der Waals surface area contributed by atoms with E-state index in [0.29, 0.717) is 19.3 Å². The second kappa shape index (κ2) is 11.6. The zero-order valence-electron chi connectivity index (χ0n) is 13.9. The van der Waals surface area contributed by atoms with Crippen LogP contribution in [0.2, 0.25) is 0 Å². The van der Waals surface area contributed by atoms with Gasteiger partial charge in [-0.15, -0.1) is 0 Å². The smallest absolute Gasteiger partial charge is 0.196 e. The summed E-state index contributed by atoms with van der Waals surface area (Å²) in [6.45, 7) is 9.10. The van der Waals surface area contributed by atoms with Crippen molar-refractivity contribution in [1.82, 2.24) is 0 Å². The Labute approximate surface area is 129 Å². The van der Waals surface area contributed by atoms with E-state index < -0.39 is 5.41 Å². The highest BCUT2D eigenvalue weighted by molar-refractivity contribution is 8.13. The summed E-state index contributed by atoms with van der Waals surface area (Å²) in [4.78, 5) is 12.0. The predicted molar refractivity (Wildman–Crippen MR) is 87.3 cm³/mol. The van der Waals surface area contributed by atoms with E-state index in [0.717, 1.165) is 18.6 Å². The van der Waals surface area contributed by atoms with E-state index in [4.69, 9.17) is 9.47 Å². The average Bonchev–Trinajstić information content (AvgIpc) is 2.48. The van der Waals surface area contributed by atoms with Crippen molar-refractivity contribution in [3.05, 3.63) is 0 Å². The maximum Gasteiger partial charge on any atom is 0.196 e. The summed E-state index contributed by atoms with van der Waals surface area (Å²) in [5.41, 5.74) is -0.393. The van der Waals surface area contributed by atoms with Crippen LogP contribution in [0, 0.1) is 5.41 Å². The molecule has 4 heteroatoms. The molecule has 0 aromatic rings. The molecule has 20 heavy (non-hydrogen) atoms. The lowest BCUT2D eigenvalue weighted by Crippen LogP contribution is -2.31. The van der Waals surface area contributed by atoms with Gasteiger partial charge in [0.05, 0.1) is 24.7 Å². The molecular formula is C16H32O3S. The van der Waals surface area contributed by atoms with E-state index in [1.165, 1.54) is 31.0 Å². The zero-order valence-corrected chi connectivity index (χ0v) is 14.7. The Hall–Kier alpha value is -0.0600. The van der Waals surface area contributed by atoms with Crippen LogP contribution in [0.15, 0.2) is 0 Å². The highest BCUT2D eigenvalue weighted by atomic mass is 32.2. The van der Waals surface area contributed by atoms with Crippen LogP contribution in [-0.4, -0.2) is 37.3 Å². The minimum absolute atomic E-state index is 0.204. The number of rotatable bonds is 7. The van der Waals surface area contributed by atoms with Gasteiger partial charge in [0.1, 0.15) is 0 Å². The van der Waals surface area contributed by atoms with Crippen molar-refractivity contribution in [2.75, 3.05) is 26.1 Å². The summed E-state index contributed by atoms with van der Waals surface area (Å²) < 4.78 is 10.9. The maximum absolute atomic E-state index is 12.0. The zero-order chi connectivity index (χ0) is 15.4. The van der Waals surface area contributed by atoms with Gasteiger partial charge in [0, 0.05) is 12.9 Å². The largest absolute Gasteiger partial charge is 0.384 e. The van der Waals surface area contributed by atoms with E-state index in [1.807, 2.05) is 27.7 Å². The molecular weight excluding hydrogens is 272 g/mol. The molecule has 0 radical (unpaired) electrons. The highest BCUT2D eigenvalue weighted by Gasteiger charge is 2.29. The summed E-state index contributed by atoms with van der Waals surface area (Å²) in [6, 6.07) is 0. The first-order valence-corrected chi connectivity index (χ1v) is 8.82. The van der Waals surface area contributed by atoms with Crippen LogP contribution in [-0.2, 0) is 14.3 Å². The van der Waals surface area contributed by atoms with Crippen molar-refractivity contribution in [1.29, 1.82) is 0 Å². The molecule has 0 spiro atoms. The summed E-state index contributed by atoms with van der Waals surface area (Å²) in [5, 5.41) is 0.204. The van der Waals surface area contributed by atoms with Crippen LogP contribution >= 0.6 is 11.8 Å². The van der Waals surface area contributed by atoms with Crippen LogP contribution in [0.4, 0.5) is 0 Å². The van der Waals surface area contributed by atoms with Gasteiger partial charge in [-0.25, -0.2) is 0 Å². The molecule has 1 fully saturated rings. The Morgan fingerprint density at radius 1 is 1.20 bits per heavy atom. The first kappa shape index (κ1) is 19.9. The number of methoxy groups -OCH3 is 1. The summed E-state index contributed by atoms with van der Waals surface area (Å²) in [5.74, 6) is 0.724. The van der Waals surface area contributed by atoms with Crippen molar-refractivity contribution in [2.45, 2.75) is 65.9 Å². The molecule has 0 bridgehead atoms. The fraction of sp³-hybridized carbons (Fsp3) is 0.938. The lowest BCUT2D eigenvalue weighted by Gasteiger charge is -2.28. The first-order valence-electron chi connectivity index (χ1n) is 7.84. The molecule has 0 aromatic heterocycles. The summed E-state index contributed by atoms with van der Waals surface area (Å²) in [7, 11) is 1.66. The van der Waals surface area contributed by atoms with E-state index in [9.17, 15) is 4.79 Å². The van der Waals surface area contributed by atoms with Gasteiger partial charge in [-0.05, 0) is 26.7 Å². The van der Waals surface area contributed by atoms with Gasteiger partial charge in [0.2, 0.25) is 0 Å². The molecule has 1 aliphatic carbocycles. The summed E-state index contributed by atoms with van der Waals surface area (Å²) in [6.07, 6.45) is 6.54. The van der Waals surface area contributed by atoms with E-state index in [-0.39, 0.29) is 5.12 Å². The highest BCUT2D eigenvalue weighted by Crippen LogP contribution is 2.27. The maximum atomic E-state index is 12.0. The van der Waals surface area contributed by atoms with Gasteiger partial charge in [-0.1, -0.05) is 44.9 Å². The molecule has 1 aliphatic rings. The Kier molecular flexibility index (Phi) is 11.5. The van der Waals surface area contributed by atoms with Gasteiger partial charge >= 0.3 is 0 Å². The molecule has 0 aromatic carbocycles. The SMILES string of the molecule is CC.COCCSC(=O)C(C)(C)COC1CCCCC1. The fourth-order valence-electron chi connectivity index (χ4n) is 2.03. The third-order valence-electron chi connectivity index (χ3n) is 3.31. The monoisotopic (exact) mass is 304 g/mol. The third kappa shape index (κ3) is 8.28. The second-order valence-corrected chi connectivity index (χ2v) is 6.65. The minimum atomic E-state index is -0.393. The van der Waals surface area contributed by atoms with Crippen molar-refractivity contribution in [3.8, 4) is 0 Å². The van der Waals surface area contributed by atoms with Crippen LogP contribution < -0.4 is 0 Å². The van der Waals surface area contributed by atoms with Crippen LogP contribution in [0.25, 0.3) is 0 Å². The molecule has 3 nitrogen and oxygen atoms in total. The Morgan fingerprint density at radius 2 is 1.80 bits per heavy atom. The molecule has 0 atom stereocenters. The number of hydrogen-bond donors (Lipinski definition) is 0. The lowest BCUT2D eigenvalue weighted by atomic mass is 9.95.